The number of ether oxygens (including phenoxy) is 1. The number of esters is 1. The number of aliphatic hydroxyl groups excluding tert-OH is 1. The molecule has 2 saturated heterocycles. The van der Waals surface area contributed by atoms with E-state index in [0.29, 0.717) is 0 Å². The molecule has 0 spiro atoms. The van der Waals surface area contributed by atoms with Crippen molar-refractivity contribution in [2.24, 2.45) is 0 Å². The summed E-state index contributed by atoms with van der Waals surface area (Å²) in [5.74, 6) is -0.873. The molecule has 0 radical (unpaired) electrons. The van der Waals surface area contributed by atoms with Crippen LogP contribution in [0.15, 0.2) is 0 Å². The molecule has 2 amide bonds. The average Bonchev–Trinajstić information content (AvgIpc) is 2.27. The second-order valence-corrected chi connectivity index (χ2v) is 4.07. The van der Waals surface area contributed by atoms with Gasteiger partial charge in [0.2, 0.25) is 0 Å². The molecule has 0 aromatic heterocycles. The third-order valence-corrected chi connectivity index (χ3v) is 2.49. The van der Waals surface area contributed by atoms with Crippen LogP contribution in [0.25, 0.3) is 0 Å². The largest absolute Gasteiger partial charge is 0.450 e. The van der Waals surface area contributed by atoms with E-state index >= 15 is 0 Å². The zero-order chi connectivity index (χ0) is 13.2. The number of hydrogen-bond donors (Lipinski definition) is 3. The van der Waals surface area contributed by atoms with Gasteiger partial charge in [-0.05, 0) is 13.8 Å². The molecule has 4 atom stereocenters. The van der Waals surface area contributed by atoms with Gasteiger partial charge in [0.15, 0.2) is 12.2 Å². The number of carbonyl (C=O) groups is 3. The molecule has 2 fully saturated rings. The first-order valence-corrected chi connectivity index (χ1v) is 5.29. The van der Waals surface area contributed by atoms with E-state index in [-0.39, 0.29) is 23.9 Å². The molecule has 2 rings (SSSR count). The number of carbonyl (C=O) groups excluding carboxylic acids is 3. The zero-order valence-corrected chi connectivity index (χ0v) is 9.89. The van der Waals surface area contributed by atoms with E-state index in [1.807, 2.05) is 0 Å². The maximum Gasteiger partial charge on any atom is 0.303 e. The number of hydrogen-bond acceptors (Lipinski definition) is 5. The molecule has 0 saturated carbocycles. The smallest absolute Gasteiger partial charge is 0.303 e. The topological polar surface area (TPSA) is 105 Å². The normalized spacial score (nSPS) is 34.1. The molecule has 96 valence electrons. The molecule has 2 heterocycles. The fourth-order valence-corrected chi connectivity index (χ4v) is 1.37. The van der Waals surface area contributed by atoms with Gasteiger partial charge in [-0.1, -0.05) is 0 Å². The number of rotatable bonds is 1. The molecule has 3 N–H and O–H groups in total. The zero-order valence-electron chi connectivity index (χ0n) is 9.89. The first kappa shape index (κ1) is 13.4. The summed E-state index contributed by atoms with van der Waals surface area (Å²) in [6, 6.07) is -0.0658. The maximum atomic E-state index is 10.6. The molecule has 0 bridgehead atoms. The second-order valence-electron chi connectivity index (χ2n) is 4.07. The van der Waals surface area contributed by atoms with Gasteiger partial charge < -0.3 is 20.5 Å². The minimum absolute atomic E-state index is 0.0311. The molecule has 7 heteroatoms. The summed E-state index contributed by atoms with van der Waals surface area (Å²) in [4.78, 5) is 31.0. The van der Waals surface area contributed by atoms with Gasteiger partial charge in [-0.2, -0.15) is 0 Å². The van der Waals surface area contributed by atoms with Gasteiger partial charge >= 0.3 is 5.97 Å². The fraction of sp³-hybridized carbons (Fsp3) is 0.700. The molecule has 2 aliphatic heterocycles. The Labute approximate surface area is 98.5 Å². The number of amides is 2. The van der Waals surface area contributed by atoms with Crippen LogP contribution in [-0.2, 0) is 19.1 Å². The van der Waals surface area contributed by atoms with Crippen molar-refractivity contribution >= 4 is 17.8 Å². The summed E-state index contributed by atoms with van der Waals surface area (Å²) in [6.45, 7) is 4.83. The molecule has 0 unspecified atom stereocenters. The standard InChI is InChI=1S/C6H9NO3.C4H7NO2/c1-3-5(6(9)7-3)10-4(2)8;1-2-3(6)4(7)5-2/h3,5H,1-2H3,(H,7,9);2-3,6H,1H3,(H,5,7)/t3-,5+;2-,3-/m00/s1. The van der Waals surface area contributed by atoms with Gasteiger partial charge in [-0.15, -0.1) is 0 Å². The average molecular weight is 244 g/mol. The fourth-order valence-electron chi connectivity index (χ4n) is 1.37. The Hall–Kier alpha value is -1.63. The van der Waals surface area contributed by atoms with E-state index in [2.05, 4.69) is 15.4 Å². The maximum absolute atomic E-state index is 10.6. The summed E-state index contributed by atoms with van der Waals surface area (Å²) >= 11 is 0. The Morgan fingerprint density at radius 1 is 1.18 bits per heavy atom. The van der Waals surface area contributed by atoms with Crippen LogP contribution in [-0.4, -0.2) is 47.2 Å². The number of nitrogens with one attached hydrogen (secondary N) is 2. The first-order valence-electron chi connectivity index (χ1n) is 5.29. The van der Waals surface area contributed by atoms with E-state index in [1.54, 1.807) is 13.8 Å². The third-order valence-electron chi connectivity index (χ3n) is 2.49. The molecule has 17 heavy (non-hydrogen) atoms. The highest BCUT2D eigenvalue weighted by atomic mass is 16.6. The molecule has 0 aromatic carbocycles. The van der Waals surface area contributed by atoms with Crippen molar-refractivity contribution in [1.82, 2.24) is 10.6 Å². The molecule has 7 nitrogen and oxygen atoms in total. The Morgan fingerprint density at radius 3 is 1.82 bits per heavy atom. The molecular formula is C10H16N2O5. The van der Waals surface area contributed by atoms with Gasteiger partial charge in [0.05, 0.1) is 12.1 Å². The highest BCUT2D eigenvalue weighted by Crippen LogP contribution is 2.09. The van der Waals surface area contributed by atoms with E-state index in [4.69, 9.17) is 5.11 Å². The lowest BCUT2D eigenvalue weighted by atomic mass is 10.1. The second kappa shape index (κ2) is 5.13. The summed E-state index contributed by atoms with van der Waals surface area (Å²) in [7, 11) is 0. The van der Waals surface area contributed by atoms with Gasteiger partial charge in [-0.25, -0.2) is 0 Å². The summed E-state index contributed by atoms with van der Waals surface area (Å²) < 4.78 is 4.66. The predicted octanol–water partition coefficient (Wildman–Crippen LogP) is -1.70. The molecule has 0 aromatic rings. The van der Waals surface area contributed by atoms with Crippen LogP contribution in [0.3, 0.4) is 0 Å². The highest BCUT2D eigenvalue weighted by molar-refractivity contribution is 5.90. The summed E-state index contributed by atoms with van der Waals surface area (Å²) in [6.07, 6.45) is -1.31. The minimum atomic E-state index is -0.750. The predicted molar refractivity (Wildman–Crippen MR) is 56.8 cm³/mol. The quantitative estimate of drug-likeness (QED) is 0.377. The monoisotopic (exact) mass is 244 g/mol. The van der Waals surface area contributed by atoms with Crippen LogP contribution in [0, 0.1) is 0 Å². The van der Waals surface area contributed by atoms with Crippen LogP contribution in [0.2, 0.25) is 0 Å². The molecule has 2 aliphatic rings. The van der Waals surface area contributed by atoms with E-state index in [9.17, 15) is 14.4 Å². The summed E-state index contributed by atoms with van der Waals surface area (Å²) in [5.41, 5.74) is 0. The van der Waals surface area contributed by atoms with Gasteiger partial charge in [0, 0.05) is 6.92 Å². The van der Waals surface area contributed by atoms with Crippen molar-refractivity contribution in [1.29, 1.82) is 0 Å². The minimum Gasteiger partial charge on any atom is -0.450 e. The Bertz CT molecular complexity index is 344. The molecular weight excluding hydrogens is 228 g/mol. The van der Waals surface area contributed by atoms with Crippen LogP contribution in [0.4, 0.5) is 0 Å². The van der Waals surface area contributed by atoms with E-state index in [1.165, 1.54) is 6.92 Å². The van der Waals surface area contributed by atoms with E-state index < -0.39 is 18.2 Å². The first-order chi connectivity index (χ1) is 7.82. The SMILES string of the molecule is CC(=O)O[C@H]1C(=O)N[C@H]1C.C[C@@H]1NC(=O)[C@H]1O. The van der Waals surface area contributed by atoms with Gasteiger partial charge in [-0.3, -0.25) is 14.4 Å². The third kappa shape index (κ3) is 3.16. The van der Waals surface area contributed by atoms with Crippen LogP contribution < -0.4 is 10.6 Å². The van der Waals surface area contributed by atoms with Crippen molar-refractivity contribution in [3.8, 4) is 0 Å². The number of β-lactam (4-membered cyclic amide) rings is 2. The Morgan fingerprint density at radius 2 is 1.71 bits per heavy atom. The van der Waals surface area contributed by atoms with E-state index in [0.717, 1.165) is 0 Å². The van der Waals surface area contributed by atoms with Crippen LogP contribution >= 0.6 is 0 Å². The number of aliphatic hydroxyl groups is 1. The Balaban J connectivity index is 0.000000181. The van der Waals surface area contributed by atoms with Crippen molar-refractivity contribution in [2.75, 3.05) is 0 Å². The lowest BCUT2D eigenvalue weighted by Crippen LogP contribution is -2.62. The van der Waals surface area contributed by atoms with Crippen LogP contribution in [0.5, 0.6) is 0 Å². The lowest BCUT2D eigenvalue weighted by Gasteiger charge is -2.32. The highest BCUT2D eigenvalue weighted by Gasteiger charge is 2.38. The lowest BCUT2D eigenvalue weighted by molar-refractivity contribution is -0.163. The van der Waals surface area contributed by atoms with Crippen molar-refractivity contribution in [3.63, 3.8) is 0 Å². The summed E-state index contributed by atoms with van der Waals surface area (Å²) in [5, 5.41) is 13.6. The van der Waals surface area contributed by atoms with Crippen LogP contribution in [0.1, 0.15) is 20.8 Å². The van der Waals surface area contributed by atoms with Crippen molar-refractivity contribution in [3.05, 3.63) is 0 Å². The Kier molecular flexibility index (Phi) is 4.06. The van der Waals surface area contributed by atoms with Crippen molar-refractivity contribution in [2.45, 2.75) is 45.1 Å². The van der Waals surface area contributed by atoms with Gasteiger partial charge in [0.1, 0.15) is 0 Å². The van der Waals surface area contributed by atoms with Crippen molar-refractivity contribution < 1.29 is 24.2 Å². The van der Waals surface area contributed by atoms with Gasteiger partial charge in [0.25, 0.3) is 11.8 Å². The molecule has 0 aliphatic carbocycles.